The van der Waals surface area contributed by atoms with E-state index >= 15 is 0 Å². The number of halogens is 1. The van der Waals surface area contributed by atoms with Crippen molar-refractivity contribution in [2.24, 2.45) is 5.73 Å². The molecule has 0 fully saturated rings. The highest BCUT2D eigenvalue weighted by molar-refractivity contribution is 6.30. The number of likely N-dealkylation sites (N-methyl/N-ethyl adjacent to an activating group) is 1. The van der Waals surface area contributed by atoms with Crippen LogP contribution in [0.2, 0.25) is 5.02 Å². The third-order valence-electron chi connectivity index (χ3n) is 10.8. The standard InChI is InChI=1S/C46H51ClN6O10/c1-25(39(56)24-40(57)63-4)49-44(60)36-22-27-8-18-37(54)33(21-27)34-23-31(15-19-38(34)55)41(45(61)50-26(2)42(58)52-36)53(3)46(62)35(7-5-6-20-48)51-43(59)30-11-9-28(10-12-30)29-13-16-32(47)17-14-29/h8-19,21,23,25-26,35-36,41,54-55H,5-7,20,22,24,48H2,1-4H3,(H,49,60)(H,50,61)(H,51,59)(H,52,58). The predicted octanol–water partition coefficient (Wildman–Crippen LogP) is 3.69. The molecule has 332 valence electrons. The van der Waals surface area contributed by atoms with E-state index < -0.39 is 77.9 Å². The minimum atomic E-state index is -1.46. The number of phenols is 2. The number of amides is 5. The zero-order valence-electron chi connectivity index (χ0n) is 35.3. The number of esters is 1. The number of ketones is 1. The van der Waals surface area contributed by atoms with Crippen LogP contribution in [0.1, 0.15) is 67.1 Å². The van der Waals surface area contributed by atoms with E-state index in [0.717, 1.165) is 23.1 Å². The third-order valence-corrected chi connectivity index (χ3v) is 11.0. The Hall–Kier alpha value is -6.78. The van der Waals surface area contributed by atoms with Gasteiger partial charge in [0, 0.05) is 35.2 Å². The summed E-state index contributed by atoms with van der Waals surface area (Å²) in [7, 11) is 2.49. The SMILES string of the molecule is COC(=O)CC(=O)C(C)NC(=O)C1Cc2ccc(O)c(c2)-c2cc(ccc2O)C(N(C)C(=O)C(CCCCN)NC(=O)c2ccc(-c3ccc(Cl)cc3)cc2)C(=O)NC(C)C(=O)N1. The number of hydrogen-bond acceptors (Lipinski definition) is 11. The first kappa shape index (κ1) is 47.3. The number of benzene rings is 4. The molecule has 0 saturated carbocycles. The van der Waals surface area contributed by atoms with E-state index in [1.807, 2.05) is 12.1 Å². The number of methoxy groups -OCH3 is 1. The minimum absolute atomic E-state index is 0.0810. The highest BCUT2D eigenvalue weighted by Gasteiger charge is 2.36. The van der Waals surface area contributed by atoms with Crippen LogP contribution in [-0.4, -0.2) is 101 Å². The topological polar surface area (TPSA) is 247 Å². The number of unbranched alkanes of at least 4 members (excludes halogenated alkanes) is 1. The molecule has 17 heteroatoms. The zero-order valence-corrected chi connectivity index (χ0v) is 36.0. The van der Waals surface area contributed by atoms with Gasteiger partial charge in [-0.2, -0.15) is 0 Å². The van der Waals surface area contributed by atoms with Crippen LogP contribution in [0.3, 0.4) is 0 Å². The van der Waals surface area contributed by atoms with Crippen LogP contribution in [0.15, 0.2) is 84.9 Å². The summed E-state index contributed by atoms with van der Waals surface area (Å²) >= 11 is 6.04. The van der Waals surface area contributed by atoms with E-state index in [4.69, 9.17) is 17.3 Å². The van der Waals surface area contributed by atoms with Crippen molar-refractivity contribution in [2.75, 3.05) is 20.7 Å². The number of phenolic OH excluding ortho intramolecular Hbond substituents is 2. The number of rotatable bonds is 14. The highest BCUT2D eigenvalue weighted by Crippen LogP contribution is 2.39. The van der Waals surface area contributed by atoms with Crippen molar-refractivity contribution in [3.8, 4) is 33.8 Å². The van der Waals surface area contributed by atoms with Crippen LogP contribution >= 0.6 is 11.6 Å². The molecule has 63 heavy (non-hydrogen) atoms. The van der Waals surface area contributed by atoms with E-state index in [1.54, 1.807) is 36.4 Å². The number of carbonyl (C=O) groups excluding carboxylic acids is 7. The first-order chi connectivity index (χ1) is 30.0. The van der Waals surface area contributed by atoms with Gasteiger partial charge in [0.2, 0.25) is 23.6 Å². The van der Waals surface area contributed by atoms with Crippen molar-refractivity contribution in [1.29, 1.82) is 0 Å². The summed E-state index contributed by atoms with van der Waals surface area (Å²) in [6.07, 6.45) is 0.409. The van der Waals surface area contributed by atoms with Crippen LogP contribution in [-0.2, 0) is 39.9 Å². The quantitative estimate of drug-likeness (QED) is 0.0547. The van der Waals surface area contributed by atoms with E-state index in [1.165, 1.54) is 57.3 Å². The zero-order chi connectivity index (χ0) is 46.0. The lowest BCUT2D eigenvalue weighted by molar-refractivity contribution is -0.144. The summed E-state index contributed by atoms with van der Waals surface area (Å²) in [6.45, 7) is 3.09. The van der Waals surface area contributed by atoms with E-state index in [9.17, 15) is 43.8 Å². The van der Waals surface area contributed by atoms with Gasteiger partial charge in [0.1, 0.15) is 42.1 Å². The Bertz CT molecular complexity index is 2360. The first-order valence-corrected chi connectivity index (χ1v) is 20.7. The molecule has 5 unspecified atom stereocenters. The van der Waals surface area contributed by atoms with Gasteiger partial charge in [0.25, 0.3) is 5.91 Å². The second-order valence-electron chi connectivity index (χ2n) is 15.3. The molecule has 0 aromatic heterocycles. The maximum atomic E-state index is 14.6. The summed E-state index contributed by atoms with van der Waals surface area (Å²) in [5.41, 5.74) is 8.58. The highest BCUT2D eigenvalue weighted by atomic mass is 35.5. The molecule has 0 spiro atoms. The second-order valence-corrected chi connectivity index (χ2v) is 15.8. The molecule has 8 N–H and O–H groups in total. The van der Waals surface area contributed by atoms with Gasteiger partial charge in [-0.15, -0.1) is 0 Å². The number of nitrogens with zero attached hydrogens (tertiary/aromatic N) is 1. The van der Waals surface area contributed by atoms with Gasteiger partial charge in [-0.05, 0) is 110 Å². The van der Waals surface area contributed by atoms with Crippen LogP contribution in [0.25, 0.3) is 22.3 Å². The summed E-state index contributed by atoms with van der Waals surface area (Å²) in [6, 6.07) is 16.2. The largest absolute Gasteiger partial charge is 0.507 e. The normalized spacial score (nSPS) is 17.1. The number of hydrogen-bond donors (Lipinski definition) is 7. The van der Waals surface area contributed by atoms with Crippen molar-refractivity contribution in [3.05, 3.63) is 107 Å². The summed E-state index contributed by atoms with van der Waals surface area (Å²) in [5, 5.41) is 33.4. The molecule has 5 atom stereocenters. The van der Waals surface area contributed by atoms with E-state index in [2.05, 4.69) is 26.0 Å². The van der Waals surface area contributed by atoms with Gasteiger partial charge >= 0.3 is 5.97 Å². The number of Topliss-reactive ketones (excluding diaryl/α,β-unsaturated/α-hetero) is 1. The monoisotopic (exact) mass is 882 g/mol. The van der Waals surface area contributed by atoms with E-state index in [0.29, 0.717) is 30.0 Å². The van der Waals surface area contributed by atoms with E-state index in [-0.39, 0.29) is 46.6 Å². The lowest BCUT2D eigenvalue weighted by atomic mass is 9.93. The number of nitrogens with two attached hydrogens (primary N) is 1. The number of aromatic hydroxyl groups is 2. The summed E-state index contributed by atoms with van der Waals surface area (Å²) in [4.78, 5) is 95.5. The second kappa shape index (κ2) is 21.3. The molecule has 1 aliphatic heterocycles. The van der Waals surface area contributed by atoms with Crippen LogP contribution in [0, 0.1) is 0 Å². The lowest BCUT2D eigenvalue weighted by Gasteiger charge is -2.32. The molecule has 16 nitrogen and oxygen atoms in total. The molecular weight excluding hydrogens is 832 g/mol. The fourth-order valence-electron chi connectivity index (χ4n) is 7.10. The molecule has 5 amide bonds. The minimum Gasteiger partial charge on any atom is -0.507 e. The number of fused-ring (bicyclic) bond motifs is 5. The number of nitrogens with one attached hydrogen (secondary N) is 4. The van der Waals surface area contributed by atoms with Crippen LogP contribution < -0.4 is 27.0 Å². The Morgan fingerprint density at radius 3 is 2.11 bits per heavy atom. The molecule has 4 aromatic carbocycles. The van der Waals surface area contributed by atoms with Gasteiger partial charge in [-0.3, -0.25) is 33.6 Å². The number of ether oxygens (including phenoxy) is 1. The van der Waals surface area contributed by atoms with Crippen molar-refractivity contribution < 1.29 is 48.5 Å². The summed E-state index contributed by atoms with van der Waals surface area (Å²) in [5.74, 6) is -5.58. The van der Waals surface area contributed by atoms with Gasteiger partial charge in [0.05, 0.1) is 13.2 Å². The maximum Gasteiger partial charge on any atom is 0.313 e. The van der Waals surface area contributed by atoms with Gasteiger partial charge < -0.3 is 46.9 Å². The van der Waals surface area contributed by atoms with Crippen molar-refractivity contribution in [1.82, 2.24) is 26.2 Å². The first-order valence-electron chi connectivity index (χ1n) is 20.3. The van der Waals surface area contributed by atoms with Gasteiger partial charge in [-0.1, -0.05) is 48.0 Å². The fourth-order valence-corrected chi connectivity index (χ4v) is 7.22. The Labute approximate surface area is 369 Å². The molecule has 0 saturated heterocycles. The average molecular weight is 883 g/mol. The third kappa shape index (κ3) is 12.0. The molecule has 5 rings (SSSR count). The molecule has 4 aromatic rings. The summed E-state index contributed by atoms with van der Waals surface area (Å²) < 4.78 is 4.55. The lowest BCUT2D eigenvalue weighted by Crippen LogP contribution is -2.57. The number of carbonyl (C=O) groups is 7. The predicted molar refractivity (Wildman–Crippen MR) is 234 cm³/mol. The van der Waals surface area contributed by atoms with Crippen molar-refractivity contribution in [3.63, 3.8) is 0 Å². The molecule has 0 aliphatic carbocycles. The van der Waals surface area contributed by atoms with Crippen molar-refractivity contribution in [2.45, 2.75) is 76.2 Å². The molecule has 1 aliphatic rings. The Morgan fingerprint density at radius 1 is 0.857 bits per heavy atom. The molecule has 4 bridgehead atoms. The van der Waals surface area contributed by atoms with Gasteiger partial charge in [-0.25, -0.2) is 0 Å². The maximum absolute atomic E-state index is 14.6. The fraction of sp³-hybridized carbons (Fsp3) is 0.326. The van der Waals surface area contributed by atoms with Crippen LogP contribution in [0.4, 0.5) is 0 Å². The Balaban J connectivity index is 1.48. The van der Waals surface area contributed by atoms with Gasteiger partial charge in [0.15, 0.2) is 5.78 Å². The average Bonchev–Trinajstić information content (AvgIpc) is 3.26. The Kier molecular flexibility index (Phi) is 16.0. The van der Waals surface area contributed by atoms with Crippen LogP contribution in [0.5, 0.6) is 11.5 Å². The van der Waals surface area contributed by atoms with Crippen molar-refractivity contribution >= 4 is 52.9 Å². The Morgan fingerprint density at radius 2 is 1.48 bits per heavy atom. The smallest absolute Gasteiger partial charge is 0.313 e. The molecule has 1 heterocycles. The molecular formula is C46H51ClN6O10. The molecule has 0 radical (unpaired) electrons.